The summed E-state index contributed by atoms with van der Waals surface area (Å²) in [7, 11) is 0. The molecule has 3 rings (SSSR count). The molecule has 1 fully saturated rings. The highest BCUT2D eigenvalue weighted by atomic mass is 35.5. The Balaban J connectivity index is 1.39. The molecule has 0 bridgehead atoms. The molecule has 27 heavy (non-hydrogen) atoms. The molecule has 4 nitrogen and oxygen atoms in total. The quantitative estimate of drug-likeness (QED) is 0.660. The predicted molar refractivity (Wildman–Crippen MR) is 115 cm³/mol. The van der Waals surface area contributed by atoms with Crippen molar-refractivity contribution < 1.29 is 4.79 Å². The van der Waals surface area contributed by atoms with Gasteiger partial charge in [-0.05, 0) is 74.0 Å². The summed E-state index contributed by atoms with van der Waals surface area (Å²) in [6.07, 6.45) is 4.36. The number of rotatable bonds is 6. The molecule has 0 radical (unpaired) electrons. The molecule has 0 unspecified atom stereocenters. The second-order valence-corrected chi connectivity index (χ2v) is 8.16. The fraction of sp³-hybridized carbons (Fsp3) is 0.381. The van der Waals surface area contributed by atoms with Gasteiger partial charge in [-0.25, -0.2) is 4.79 Å². The molecule has 0 saturated carbocycles. The lowest BCUT2D eigenvalue weighted by atomic mass is 9.96. The number of amides is 2. The van der Waals surface area contributed by atoms with Crippen LogP contribution in [0.25, 0.3) is 0 Å². The maximum atomic E-state index is 12.0. The Morgan fingerprint density at radius 1 is 1.15 bits per heavy atom. The Morgan fingerprint density at radius 3 is 2.56 bits per heavy atom. The van der Waals surface area contributed by atoms with Crippen LogP contribution in [0.1, 0.15) is 18.4 Å². The van der Waals surface area contributed by atoms with Crippen molar-refractivity contribution in [3.05, 3.63) is 59.1 Å². The van der Waals surface area contributed by atoms with Crippen molar-refractivity contribution in [1.82, 2.24) is 10.2 Å². The summed E-state index contributed by atoms with van der Waals surface area (Å²) < 4.78 is 0. The van der Waals surface area contributed by atoms with Crippen LogP contribution in [-0.4, -0.2) is 36.8 Å². The van der Waals surface area contributed by atoms with E-state index in [0.29, 0.717) is 17.5 Å². The SMILES string of the molecule is CSc1ccccc1CN1CCC(CNC(=O)Nc2ccc(Cl)cc2)CC1. The zero-order valence-electron chi connectivity index (χ0n) is 15.6. The van der Waals surface area contributed by atoms with E-state index in [9.17, 15) is 4.79 Å². The number of anilines is 1. The van der Waals surface area contributed by atoms with Gasteiger partial charge in [0.05, 0.1) is 0 Å². The summed E-state index contributed by atoms with van der Waals surface area (Å²) in [6.45, 7) is 3.88. The van der Waals surface area contributed by atoms with Crippen LogP contribution in [0.3, 0.4) is 0 Å². The smallest absolute Gasteiger partial charge is 0.319 e. The second kappa shape index (κ2) is 10.0. The Morgan fingerprint density at radius 2 is 1.85 bits per heavy atom. The van der Waals surface area contributed by atoms with Crippen molar-refractivity contribution in [3.8, 4) is 0 Å². The predicted octanol–water partition coefficient (Wildman–Crippen LogP) is 5.10. The summed E-state index contributed by atoms with van der Waals surface area (Å²) in [4.78, 5) is 15.9. The van der Waals surface area contributed by atoms with Crippen LogP contribution < -0.4 is 10.6 Å². The molecule has 0 aliphatic carbocycles. The second-order valence-electron chi connectivity index (χ2n) is 6.87. The van der Waals surface area contributed by atoms with Crippen molar-refractivity contribution in [2.45, 2.75) is 24.3 Å². The number of carbonyl (C=O) groups excluding carboxylic acids is 1. The Kier molecular flexibility index (Phi) is 7.44. The van der Waals surface area contributed by atoms with Gasteiger partial charge in [-0.2, -0.15) is 0 Å². The summed E-state index contributed by atoms with van der Waals surface area (Å²) in [5.41, 5.74) is 2.16. The van der Waals surface area contributed by atoms with E-state index in [2.05, 4.69) is 46.1 Å². The molecule has 144 valence electrons. The van der Waals surface area contributed by atoms with Gasteiger partial charge in [-0.1, -0.05) is 29.8 Å². The number of hydrogen-bond acceptors (Lipinski definition) is 3. The number of halogens is 1. The third-order valence-corrected chi connectivity index (χ3v) is 6.04. The third kappa shape index (κ3) is 6.16. The van der Waals surface area contributed by atoms with Crippen molar-refractivity contribution >= 4 is 35.1 Å². The zero-order valence-corrected chi connectivity index (χ0v) is 17.2. The molecular weight excluding hydrogens is 378 g/mol. The number of urea groups is 1. The Labute approximate surface area is 170 Å². The number of likely N-dealkylation sites (tertiary alicyclic amines) is 1. The average Bonchev–Trinajstić information content (AvgIpc) is 2.70. The highest BCUT2D eigenvalue weighted by Crippen LogP contribution is 2.24. The number of nitrogens with one attached hydrogen (secondary N) is 2. The van der Waals surface area contributed by atoms with Gasteiger partial charge in [-0.3, -0.25) is 4.90 Å². The first-order valence-electron chi connectivity index (χ1n) is 9.28. The number of hydrogen-bond donors (Lipinski definition) is 2. The van der Waals surface area contributed by atoms with Gasteiger partial charge < -0.3 is 10.6 Å². The maximum absolute atomic E-state index is 12.0. The average molecular weight is 404 g/mol. The molecule has 2 aromatic carbocycles. The van der Waals surface area contributed by atoms with E-state index in [0.717, 1.165) is 38.2 Å². The Hall–Kier alpha value is -1.69. The highest BCUT2D eigenvalue weighted by Gasteiger charge is 2.20. The lowest BCUT2D eigenvalue weighted by Crippen LogP contribution is -2.39. The first-order chi connectivity index (χ1) is 13.1. The van der Waals surface area contributed by atoms with Gasteiger partial charge in [0.15, 0.2) is 0 Å². The van der Waals surface area contributed by atoms with Crippen molar-refractivity contribution in [2.75, 3.05) is 31.2 Å². The third-order valence-electron chi connectivity index (χ3n) is 4.95. The van der Waals surface area contributed by atoms with E-state index in [-0.39, 0.29) is 6.03 Å². The summed E-state index contributed by atoms with van der Waals surface area (Å²) in [5.74, 6) is 0.535. The van der Waals surface area contributed by atoms with Gasteiger partial charge in [0.2, 0.25) is 0 Å². The van der Waals surface area contributed by atoms with Crippen LogP contribution in [0.15, 0.2) is 53.4 Å². The minimum absolute atomic E-state index is 0.159. The molecule has 1 aliphatic rings. The topological polar surface area (TPSA) is 44.4 Å². The van der Waals surface area contributed by atoms with Crippen molar-refractivity contribution in [2.24, 2.45) is 5.92 Å². The van der Waals surface area contributed by atoms with Crippen LogP contribution in [0, 0.1) is 5.92 Å². The number of piperidine rings is 1. The molecule has 1 aliphatic heterocycles. The van der Waals surface area contributed by atoms with Crippen LogP contribution in [0.4, 0.5) is 10.5 Å². The fourth-order valence-corrected chi connectivity index (χ4v) is 4.10. The summed E-state index contributed by atoms with van der Waals surface area (Å²) >= 11 is 7.67. The van der Waals surface area contributed by atoms with Crippen molar-refractivity contribution in [3.63, 3.8) is 0 Å². The lowest BCUT2D eigenvalue weighted by molar-refractivity contribution is 0.175. The lowest BCUT2D eigenvalue weighted by Gasteiger charge is -2.32. The van der Waals surface area contributed by atoms with Gasteiger partial charge in [0.1, 0.15) is 0 Å². The monoisotopic (exact) mass is 403 g/mol. The number of benzene rings is 2. The summed E-state index contributed by atoms with van der Waals surface area (Å²) in [6, 6.07) is 15.6. The standard InChI is InChI=1S/C21H26ClN3OS/c1-27-20-5-3-2-4-17(20)15-25-12-10-16(11-13-25)14-23-21(26)24-19-8-6-18(22)7-9-19/h2-9,16H,10-15H2,1H3,(H2,23,24,26). The summed E-state index contributed by atoms with van der Waals surface area (Å²) in [5, 5.41) is 6.49. The molecule has 6 heteroatoms. The normalized spacial score (nSPS) is 15.5. The first kappa shape index (κ1) is 20.1. The minimum Gasteiger partial charge on any atom is -0.338 e. The van der Waals surface area contributed by atoms with Gasteiger partial charge in [-0.15, -0.1) is 11.8 Å². The highest BCUT2D eigenvalue weighted by molar-refractivity contribution is 7.98. The molecule has 0 atom stereocenters. The van der Waals surface area contributed by atoms with Crippen molar-refractivity contribution in [1.29, 1.82) is 0 Å². The molecule has 2 aromatic rings. The minimum atomic E-state index is -0.159. The van der Waals surface area contributed by atoms with Crippen LogP contribution >= 0.6 is 23.4 Å². The Bertz CT molecular complexity index is 745. The molecule has 1 heterocycles. The molecular formula is C21H26ClN3OS. The van der Waals surface area contributed by atoms with E-state index < -0.39 is 0 Å². The van der Waals surface area contributed by atoms with Gasteiger partial charge in [0.25, 0.3) is 0 Å². The number of carbonyl (C=O) groups is 1. The maximum Gasteiger partial charge on any atom is 0.319 e. The van der Waals surface area contributed by atoms with E-state index >= 15 is 0 Å². The molecule has 2 amide bonds. The zero-order chi connectivity index (χ0) is 19.1. The first-order valence-corrected chi connectivity index (χ1v) is 10.9. The van der Waals surface area contributed by atoms with E-state index in [4.69, 9.17) is 11.6 Å². The van der Waals surface area contributed by atoms with E-state index in [1.807, 2.05) is 11.8 Å². The molecule has 0 aromatic heterocycles. The largest absolute Gasteiger partial charge is 0.338 e. The molecule has 1 saturated heterocycles. The fourth-order valence-electron chi connectivity index (χ4n) is 3.37. The van der Waals surface area contributed by atoms with Crippen LogP contribution in [0.5, 0.6) is 0 Å². The van der Waals surface area contributed by atoms with E-state index in [1.165, 1.54) is 10.5 Å². The van der Waals surface area contributed by atoms with Gasteiger partial charge >= 0.3 is 6.03 Å². The van der Waals surface area contributed by atoms with Crippen LogP contribution in [0.2, 0.25) is 5.02 Å². The van der Waals surface area contributed by atoms with E-state index in [1.54, 1.807) is 24.3 Å². The van der Waals surface area contributed by atoms with Crippen LogP contribution in [-0.2, 0) is 6.54 Å². The molecule has 2 N–H and O–H groups in total. The molecule has 0 spiro atoms. The van der Waals surface area contributed by atoms with Gasteiger partial charge in [0, 0.05) is 28.7 Å². The number of thioether (sulfide) groups is 1. The number of nitrogens with zero attached hydrogens (tertiary/aromatic N) is 1.